The van der Waals surface area contributed by atoms with Gasteiger partial charge in [-0.05, 0) is 25.0 Å². The molecular formula is C17H24N2O2. The fourth-order valence-electron chi connectivity index (χ4n) is 3.45. The first-order valence-corrected chi connectivity index (χ1v) is 7.91. The van der Waals surface area contributed by atoms with E-state index in [1.807, 2.05) is 12.1 Å². The Bertz CT molecular complexity index is 495. The summed E-state index contributed by atoms with van der Waals surface area (Å²) in [5.41, 5.74) is 1.18. The van der Waals surface area contributed by atoms with E-state index in [1.165, 1.54) is 5.69 Å². The average molecular weight is 288 g/mol. The van der Waals surface area contributed by atoms with Gasteiger partial charge in [-0.25, -0.2) is 0 Å². The molecule has 1 heterocycles. The maximum absolute atomic E-state index is 11.8. The van der Waals surface area contributed by atoms with Crippen molar-refractivity contribution >= 4 is 11.5 Å². The molecule has 1 saturated carbocycles. The van der Waals surface area contributed by atoms with Crippen molar-refractivity contribution in [1.29, 1.82) is 0 Å². The van der Waals surface area contributed by atoms with Crippen LogP contribution in [-0.4, -0.2) is 50.5 Å². The number of nitrogens with zero attached hydrogens (tertiary/aromatic N) is 2. The molecule has 0 aromatic heterocycles. The Morgan fingerprint density at radius 2 is 1.95 bits per heavy atom. The largest absolute Gasteiger partial charge is 0.495 e. The van der Waals surface area contributed by atoms with Crippen molar-refractivity contribution in [2.75, 3.05) is 44.7 Å². The number of ether oxygens (including phenoxy) is 1. The van der Waals surface area contributed by atoms with E-state index in [0.29, 0.717) is 11.7 Å². The summed E-state index contributed by atoms with van der Waals surface area (Å²) in [6.45, 7) is 5.02. The monoisotopic (exact) mass is 288 g/mol. The minimum Gasteiger partial charge on any atom is -0.495 e. The topological polar surface area (TPSA) is 32.8 Å². The van der Waals surface area contributed by atoms with Crippen LogP contribution < -0.4 is 9.64 Å². The van der Waals surface area contributed by atoms with Crippen molar-refractivity contribution in [3.05, 3.63) is 24.3 Å². The lowest BCUT2D eigenvalue weighted by Crippen LogP contribution is -2.48. The molecule has 4 nitrogen and oxygen atoms in total. The Morgan fingerprint density at radius 3 is 2.62 bits per heavy atom. The number of ketones is 1. The van der Waals surface area contributed by atoms with Crippen LogP contribution in [0.15, 0.2) is 24.3 Å². The van der Waals surface area contributed by atoms with E-state index in [9.17, 15) is 4.79 Å². The third-order valence-corrected chi connectivity index (χ3v) is 4.71. The number of carbonyl (C=O) groups is 1. The lowest BCUT2D eigenvalue weighted by atomic mass is 10.1. The molecule has 0 N–H and O–H groups in total. The van der Waals surface area contributed by atoms with Crippen molar-refractivity contribution in [1.82, 2.24) is 4.90 Å². The second kappa shape index (κ2) is 6.48. The van der Waals surface area contributed by atoms with Crippen LogP contribution in [0.1, 0.15) is 19.3 Å². The van der Waals surface area contributed by atoms with Gasteiger partial charge >= 0.3 is 0 Å². The number of anilines is 1. The smallest absolute Gasteiger partial charge is 0.142 e. The Labute approximate surface area is 126 Å². The number of hydrogen-bond donors (Lipinski definition) is 0. The summed E-state index contributed by atoms with van der Waals surface area (Å²) >= 11 is 0. The first-order chi connectivity index (χ1) is 10.3. The molecule has 1 aromatic carbocycles. The summed E-state index contributed by atoms with van der Waals surface area (Å²) in [6, 6.07) is 8.19. The van der Waals surface area contributed by atoms with Crippen LogP contribution in [0.25, 0.3) is 0 Å². The molecule has 21 heavy (non-hydrogen) atoms. The van der Waals surface area contributed by atoms with Gasteiger partial charge in [-0.1, -0.05) is 12.1 Å². The van der Waals surface area contributed by atoms with Gasteiger partial charge in [0, 0.05) is 45.1 Å². The van der Waals surface area contributed by atoms with Gasteiger partial charge in [0.2, 0.25) is 0 Å². The third-order valence-electron chi connectivity index (χ3n) is 4.71. The van der Waals surface area contributed by atoms with Crippen molar-refractivity contribution < 1.29 is 9.53 Å². The van der Waals surface area contributed by atoms with Gasteiger partial charge in [0.15, 0.2) is 0 Å². The molecule has 1 unspecified atom stereocenters. The lowest BCUT2D eigenvalue weighted by Gasteiger charge is -2.37. The van der Waals surface area contributed by atoms with E-state index in [1.54, 1.807) is 7.11 Å². The molecule has 114 valence electrons. The van der Waals surface area contributed by atoms with Gasteiger partial charge in [-0.2, -0.15) is 0 Å². The minimum absolute atomic E-state index is 0.294. The Morgan fingerprint density at radius 1 is 1.19 bits per heavy atom. The number of para-hydroxylation sites is 2. The second-order valence-corrected chi connectivity index (χ2v) is 6.01. The van der Waals surface area contributed by atoms with E-state index < -0.39 is 0 Å². The van der Waals surface area contributed by atoms with Gasteiger partial charge in [-0.15, -0.1) is 0 Å². The third kappa shape index (κ3) is 3.21. The Hall–Kier alpha value is -1.55. The fourth-order valence-corrected chi connectivity index (χ4v) is 3.45. The van der Waals surface area contributed by atoms with Crippen LogP contribution in [0.4, 0.5) is 5.69 Å². The number of benzene rings is 1. The zero-order valence-electron chi connectivity index (χ0n) is 12.8. The first kappa shape index (κ1) is 14.4. The molecule has 1 aliphatic carbocycles. The number of hydrogen-bond acceptors (Lipinski definition) is 4. The van der Waals surface area contributed by atoms with Gasteiger partial charge in [0.05, 0.1) is 12.8 Å². The van der Waals surface area contributed by atoms with Crippen molar-refractivity contribution in [3.63, 3.8) is 0 Å². The molecule has 1 atom stereocenters. The van der Waals surface area contributed by atoms with E-state index in [-0.39, 0.29) is 0 Å². The highest BCUT2D eigenvalue weighted by atomic mass is 16.5. The highest BCUT2D eigenvalue weighted by molar-refractivity contribution is 5.83. The zero-order chi connectivity index (χ0) is 14.7. The predicted molar refractivity (Wildman–Crippen MR) is 84.0 cm³/mol. The summed E-state index contributed by atoms with van der Waals surface area (Å²) in [4.78, 5) is 16.6. The highest BCUT2D eigenvalue weighted by Crippen LogP contribution is 2.29. The van der Waals surface area contributed by atoms with Gasteiger partial charge < -0.3 is 9.64 Å². The predicted octanol–water partition coefficient (Wildman–Crippen LogP) is 2.19. The second-order valence-electron chi connectivity index (χ2n) is 6.01. The fraction of sp³-hybridized carbons (Fsp3) is 0.588. The van der Waals surface area contributed by atoms with Crippen LogP contribution in [0.2, 0.25) is 0 Å². The Kier molecular flexibility index (Phi) is 4.44. The SMILES string of the molecule is COc1ccccc1N1CCN(CC2CCCC2=O)CC1. The molecular weight excluding hydrogens is 264 g/mol. The number of Topliss-reactive ketones (excluding diaryl/α,β-unsaturated/α-hetero) is 1. The summed E-state index contributed by atoms with van der Waals surface area (Å²) in [5, 5.41) is 0. The summed E-state index contributed by atoms with van der Waals surface area (Å²) < 4.78 is 5.45. The molecule has 4 heteroatoms. The molecule has 1 saturated heterocycles. The van der Waals surface area contributed by atoms with E-state index in [2.05, 4.69) is 21.9 Å². The molecule has 0 radical (unpaired) electrons. The van der Waals surface area contributed by atoms with Crippen molar-refractivity contribution in [2.24, 2.45) is 5.92 Å². The molecule has 2 aliphatic rings. The van der Waals surface area contributed by atoms with Crippen LogP contribution in [-0.2, 0) is 4.79 Å². The average Bonchev–Trinajstić information content (AvgIpc) is 2.93. The minimum atomic E-state index is 0.294. The highest BCUT2D eigenvalue weighted by Gasteiger charge is 2.28. The molecule has 0 spiro atoms. The van der Waals surface area contributed by atoms with E-state index in [4.69, 9.17) is 4.74 Å². The van der Waals surface area contributed by atoms with Gasteiger partial charge in [0.1, 0.15) is 11.5 Å². The standard InChI is InChI=1S/C17H24N2O2/c1-21-17-8-3-2-6-15(17)19-11-9-18(10-12-19)13-14-5-4-7-16(14)20/h2-3,6,8,14H,4-5,7,9-13H2,1H3. The zero-order valence-corrected chi connectivity index (χ0v) is 12.8. The summed E-state index contributed by atoms with van der Waals surface area (Å²) in [5.74, 6) is 1.71. The van der Waals surface area contributed by atoms with Crippen molar-refractivity contribution in [2.45, 2.75) is 19.3 Å². The quantitative estimate of drug-likeness (QED) is 0.850. The lowest BCUT2D eigenvalue weighted by molar-refractivity contribution is -0.121. The van der Waals surface area contributed by atoms with Gasteiger partial charge in [-0.3, -0.25) is 9.69 Å². The number of piperazine rings is 1. The molecule has 2 fully saturated rings. The van der Waals surface area contributed by atoms with Crippen molar-refractivity contribution in [3.8, 4) is 5.75 Å². The summed E-state index contributed by atoms with van der Waals surface area (Å²) in [6.07, 6.45) is 2.97. The maximum Gasteiger partial charge on any atom is 0.142 e. The molecule has 1 aliphatic heterocycles. The number of methoxy groups -OCH3 is 1. The van der Waals surface area contributed by atoms with Gasteiger partial charge in [0.25, 0.3) is 0 Å². The van der Waals surface area contributed by atoms with E-state index in [0.717, 1.165) is 57.7 Å². The molecule has 3 rings (SSSR count). The van der Waals surface area contributed by atoms with E-state index >= 15 is 0 Å². The molecule has 0 bridgehead atoms. The normalized spacial score (nSPS) is 23.6. The number of carbonyl (C=O) groups excluding carboxylic acids is 1. The van der Waals surface area contributed by atoms with Crippen LogP contribution in [0, 0.1) is 5.92 Å². The summed E-state index contributed by atoms with van der Waals surface area (Å²) in [7, 11) is 1.72. The van der Waals surface area contributed by atoms with Crippen LogP contribution in [0.3, 0.4) is 0 Å². The Balaban J connectivity index is 1.56. The molecule has 1 aromatic rings. The molecule has 0 amide bonds. The maximum atomic E-state index is 11.8. The van der Waals surface area contributed by atoms with Crippen LogP contribution in [0.5, 0.6) is 5.75 Å². The van der Waals surface area contributed by atoms with Crippen LogP contribution >= 0.6 is 0 Å². The first-order valence-electron chi connectivity index (χ1n) is 7.91. The number of rotatable bonds is 4.